The molecule has 0 atom stereocenters. The van der Waals surface area contributed by atoms with Crippen LogP contribution in [0.2, 0.25) is 5.02 Å². The maximum absolute atomic E-state index is 6.20. The van der Waals surface area contributed by atoms with Crippen LogP contribution in [0.25, 0.3) is 0 Å². The summed E-state index contributed by atoms with van der Waals surface area (Å²) >= 11 is 6.20. The molecule has 64 valence electrons. The molecule has 0 unspecified atom stereocenters. The molecule has 1 nitrogen and oxygen atoms in total. The van der Waals surface area contributed by atoms with Crippen molar-refractivity contribution in [2.24, 2.45) is 0 Å². The summed E-state index contributed by atoms with van der Waals surface area (Å²) in [7, 11) is 0. The van der Waals surface area contributed by atoms with E-state index in [4.69, 9.17) is 11.6 Å². The van der Waals surface area contributed by atoms with Crippen molar-refractivity contribution in [3.05, 3.63) is 27.5 Å². The second-order valence-electron chi connectivity index (χ2n) is 3.41. The molecule has 1 heterocycles. The number of rotatable bonds is 0. The molecule has 0 radical (unpaired) electrons. The number of aromatic nitrogens is 1. The molecule has 0 N–H and O–H groups in total. The molecule has 1 aliphatic rings. The van der Waals surface area contributed by atoms with Gasteiger partial charge >= 0.3 is 0 Å². The molecule has 0 spiro atoms. The lowest BCUT2D eigenvalue weighted by Crippen LogP contribution is -1.96. The highest BCUT2D eigenvalue weighted by Gasteiger charge is 2.18. The van der Waals surface area contributed by atoms with Gasteiger partial charge in [-0.3, -0.25) is 4.98 Å². The van der Waals surface area contributed by atoms with Crippen LogP contribution in [0.1, 0.15) is 28.9 Å². The molecular weight excluding hydrogens is 170 g/mol. The Morgan fingerprint density at radius 2 is 2.00 bits per heavy atom. The Kier molecular flexibility index (Phi) is 1.84. The zero-order valence-corrected chi connectivity index (χ0v) is 8.20. The van der Waals surface area contributed by atoms with Crippen molar-refractivity contribution in [1.82, 2.24) is 4.98 Å². The number of hydrogen-bond donors (Lipinski definition) is 0. The first-order valence-electron chi connectivity index (χ1n) is 4.34. The van der Waals surface area contributed by atoms with Gasteiger partial charge in [-0.2, -0.15) is 0 Å². The Morgan fingerprint density at radius 1 is 1.25 bits per heavy atom. The summed E-state index contributed by atoms with van der Waals surface area (Å²) in [6, 6.07) is 0. The van der Waals surface area contributed by atoms with Gasteiger partial charge in [0.2, 0.25) is 0 Å². The highest BCUT2D eigenvalue weighted by Crippen LogP contribution is 2.30. The third-order valence-electron chi connectivity index (χ3n) is 2.63. The topological polar surface area (TPSA) is 12.9 Å². The van der Waals surface area contributed by atoms with Crippen LogP contribution in [0.4, 0.5) is 0 Å². The Balaban J connectivity index is 2.67. The van der Waals surface area contributed by atoms with Gasteiger partial charge in [-0.1, -0.05) is 11.6 Å². The van der Waals surface area contributed by atoms with E-state index in [1.54, 1.807) is 0 Å². The lowest BCUT2D eigenvalue weighted by molar-refractivity contribution is 0.896. The van der Waals surface area contributed by atoms with E-state index in [-0.39, 0.29) is 0 Å². The Hall–Kier alpha value is -0.560. The summed E-state index contributed by atoms with van der Waals surface area (Å²) in [6.07, 6.45) is 3.43. The fourth-order valence-electron chi connectivity index (χ4n) is 1.76. The number of halogens is 1. The molecule has 2 heteroatoms. The Labute approximate surface area is 77.8 Å². The highest BCUT2D eigenvalue weighted by molar-refractivity contribution is 6.32. The van der Waals surface area contributed by atoms with E-state index in [0.717, 1.165) is 29.1 Å². The number of nitrogens with zero attached hydrogens (tertiary/aromatic N) is 1. The van der Waals surface area contributed by atoms with E-state index in [1.165, 1.54) is 17.7 Å². The van der Waals surface area contributed by atoms with E-state index >= 15 is 0 Å². The van der Waals surface area contributed by atoms with Crippen molar-refractivity contribution in [3.63, 3.8) is 0 Å². The molecule has 1 aromatic heterocycles. The second-order valence-corrected chi connectivity index (χ2v) is 3.79. The summed E-state index contributed by atoms with van der Waals surface area (Å²) in [5.74, 6) is 0. The predicted molar refractivity (Wildman–Crippen MR) is 50.7 cm³/mol. The number of pyridine rings is 1. The van der Waals surface area contributed by atoms with Crippen molar-refractivity contribution >= 4 is 11.6 Å². The smallest absolute Gasteiger partial charge is 0.0503 e. The van der Waals surface area contributed by atoms with E-state index in [9.17, 15) is 0 Å². The van der Waals surface area contributed by atoms with E-state index in [0.29, 0.717) is 0 Å². The van der Waals surface area contributed by atoms with Crippen LogP contribution in [0.15, 0.2) is 0 Å². The average molecular weight is 182 g/mol. The van der Waals surface area contributed by atoms with Gasteiger partial charge in [0.1, 0.15) is 0 Å². The Morgan fingerprint density at radius 3 is 2.75 bits per heavy atom. The summed E-state index contributed by atoms with van der Waals surface area (Å²) in [5, 5.41) is 0.954. The lowest BCUT2D eigenvalue weighted by atomic mass is 10.1. The van der Waals surface area contributed by atoms with Gasteiger partial charge in [0.15, 0.2) is 0 Å². The van der Waals surface area contributed by atoms with Gasteiger partial charge in [0.25, 0.3) is 0 Å². The first kappa shape index (κ1) is 8.06. The predicted octanol–water partition coefficient (Wildman–Crippen LogP) is 2.84. The largest absolute Gasteiger partial charge is 0.258 e. The maximum Gasteiger partial charge on any atom is 0.0503 e. The first-order chi connectivity index (χ1) is 5.70. The normalized spacial score (nSPS) is 14.9. The molecule has 1 aliphatic carbocycles. The van der Waals surface area contributed by atoms with Crippen molar-refractivity contribution < 1.29 is 0 Å². The van der Waals surface area contributed by atoms with E-state index in [2.05, 4.69) is 4.98 Å². The highest BCUT2D eigenvalue weighted by atomic mass is 35.5. The number of aryl methyl sites for hydroxylation is 2. The first-order valence-corrected chi connectivity index (χ1v) is 4.72. The molecule has 1 aromatic rings. The van der Waals surface area contributed by atoms with Crippen molar-refractivity contribution in [1.29, 1.82) is 0 Å². The molecule has 0 aliphatic heterocycles. The van der Waals surface area contributed by atoms with Gasteiger partial charge in [-0.05, 0) is 44.2 Å². The van der Waals surface area contributed by atoms with Crippen LogP contribution in [0.5, 0.6) is 0 Å². The Bertz CT molecular complexity index is 331. The van der Waals surface area contributed by atoms with Gasteiger partial charge in [-0.25, -0.2) is 0 Å². The van der Waals surface area contributed by atoms with Crippen LogP contribution in [-0.4, -0.2) is 4.98 Å². The summed E-state index contributed by atoms with van der Waals surface area (Å²) in [6.45, 7) is 4.07. The summed E-state index contributed by atoms with van der Waals surface area (Å²) in [4.78, 5) is 4.53. The lowest BCUT2D eigenvalue weighted by Gasteiger charge is -2.07. The SMILES string of the molecule is Cc1nc2c(c(Cl)c1C)CCC2. The van der Waals surface area contributed by atoms with Gasteiger partial charge in [0, 0.05) is 11.4 Å². The van der Waals surface area contributed by atoms with Crippen molar-refractivity contribution in [2.45, 2.75) is 33.1 Å². The zero-order valence-electron chi connectivity index (χ0n) is 7.45. The number of fused-ring (bicyclic) bond motifs is 1. The monoisotopic (exact) mass is 181 g/mol. The minimum atomic E-state index is 0.954. The summed E-state index contributed by atoms with van der Waals surface area (Å²) in [5.41, 5.74) is 4.75. The van der Waals surface area contributed by atoms with Crippen LogP contribution in [0, 0.1) is 13.8 Å². The van der Waals surface area contributed by atoms with Gasteiger partial charge in [0.05, 0.1) is 5.02 Å². The fraction of sp³-hybridized carbons (Fsp3) is 0.500. The summed E-state index contributed by atoms with van der Waals surface area (Å²) < 4.78 is 0. The molecule has 0 aromatic carbocycles. The minimum absolute atomic E-state index is 0.954. The fourth-order valence-corrected chi connectivity index (χ4v) is 2.10. The van der Waals surface area contributed by atoms with Crippen molar-refractivity contribution in [3.8, 4) is 0 Å². The average Bonchev–Trinajstić information content (AvgIpc) is 2.48. The molecule has 0 saturated carbocycles. The van der Waals surface area contributed by atoms with Crippen LogP contribution in [-0.2, 0) is 12.8 Å². The van der Waals surface area contributed by atoms with Crippen LogP contribution < -0.4 is 0 Å². The maximum atomic E-state index is 6.20. The molecule has 2 rings (SSSR count). The molecule has 0 bridgehead atoms. The van der Waals surface area contributed by atoms with E-state index in [1.807, 2.05) is 13.8 Å². The molecule has 0 amide bonds. The molecule has 0 fully saturated rings. The van der Waals surface area contributed by atoms with E-state index < -0.39 is 0 Å². The van der Waals surface area contributed by atoms with Gasteiger partial charge < -0.3 is 0 Å². The van der Waals surface area contributed by atoms with Crippen molar-refractivity contribution in [2.75, 3.05) is 0 Å². The number of hydrogen-bond acceptors (Lipinski definition) is 1. The minimum Gasteiger partial charge on any atom is -0.258 e. The molecular formula is C10H12ClN. The standard InChI is InChI=1S/C10H12ClN/c1-6-7(2)12-9-5-3-4-8(9)10(6)11/h3-5H2,1-2H3. The zero-order chi connectivity index (χ0) is 8.72. The second kappa shape index (κ2) is 2.74. The quantitative estimate of drug-likeness (QED) is 0.600. The third kappa shape index (κ3) is 1.04. The molecule has 12 heavy (non-hydrogen) atoms. The molecule has 0 saturated heterocycles. The van der Waals surface area contributed by atoms with Crippen LogP contribution >= 0.6 is 11.6 Å². The third-order valence-corrected chi connectivity index (χ3v) is 3.14. The van der Waals surface area contributed by atoms with Crippen LogP contribution in [0.3, 0.4) is 0 Å². The van der Waals surface area contributed by atoms with Gasteiger partial charge in [-0.15, -0.1) is 0 Å².